The molecular weight excluding hydrogens is 372 g/mol. The van der Waals surface area contributed by atoms with Crippen LogP contribution in [0.5, 0.6) is 5.75 Å². The van der Waals surface area contributed by atoms with Crippen molar-refractivity contribution in [3.8, 4) is 5.75 Å². The van der Waals surface area contributed by atoms with Crippen LogP contribution in [0.3, 0.4) is 0 Å². The summed E-state index contributed by atoms with van der Waals surface area (Å²) in [7, 11) is 1.46. The number of aliphatic hydroxyl groups excluding tert-OH is 2. The van der Waals surface area contributed by atoms with Crippen LogP contribution in [0.25, 0.3) is 6.08 Å². The van der Waals surface area contributed by atoms with Crippen LogP contribution in [-0.2, 0) is 0 Å². The number of allylic oxidation sites excluding steroid dienone is 1. The van der Waals surface area contributed by atoms with Gasteiger partial charge in [0.15, 0.2) is 5.78 Å². The van der Waals surface area contributed by atoms with Crippen LogP contribution in [0.1, 0.15) is 47.3 Å². The number of aromatic nitrogens is 1. The smallest absolute Gasteiger partial charge is 0.209 e. The summed E-state index contributed by atoms with van der Waals surface area (Å²) in [5.74, 6) is 0.228. The SMILES string of the molecule is COc1c(C(O)NCC(C)O)ccc(N)c1C(=[NH2+])/C=C/c1ccc(C(C)=O)nc1. The molecule has 29 heavy (non-hydrogen) atoms. The molecule has 2 atom stereocenters. The van der Waals surface area contributed by atoms with Crippen LogP contribution in [0.15, 0.2) is 36.5 Å². The Labute approximate surface area is 169 Å². The van der Waals surface area contributed by atoms with Gasteiger partial charge >= 0.3 is 0 Å². The topological polar surface area (TPSA) is 143 Å². The summed E-state index contributed by atoms with van der Waals surface area (Å²) in [4.78, 5) is 15.4. The van der Waals surface area contributed by atoms with E-state index in [0.717, 1.165) is 5.56 Å². The van der Waals surface area contributed by atoms with E-state index in [0.29, 0.717) is 34.0 Å². The van der Waals surface area contributed by atoms with Gasteiger partial charge in [-0.3, -0.25) is 20.5 Å². The average molecular weight is 399 g/mol. The number of aliphatic hydroxyl groups is 2. The molecule has 0 saturated carbocycles. The van der Waals surface area contributed by atoms with Gasteiger partial charge in [0.25, 0.3) is 0 Å². The number of Topliss-reactive ketones (excluding diaryl/α,β-unsaturated/α-hetero) is 1. The van der Waals surface area contributed by atoms with Crippen molar-refractivity contribution in [1.29, 1.82) is 0 Å². The summed E-state index contributed by atoms with van der Waals surface area (Å²) in [6, 6.07) is 6.66. The predicted octanol–water partition coefficient (Wildman–Crippen LogP) is 0.0979. The lowest BCUT2D eigenvalue weighted by molar-refractivity contribution is -0.111. The molecule has 0 aliphatic carbocycles. The van der Waals surface area contributed by atoms with Crippen molar-refractivity contribution in [2.75, 3.05) is 19.4 Å². The molecule has 0 saturated heterocycles. The molecule has 2 unspecified atom stereocenters. The highest BCUT2D eigenvalue weighted by atomic mass is 16.5. The summed E-state index contributed by atoms with van der Waals surface area (Å²) in [6.45, 7) is 3.27. The minimum Gasteiger partial charge on any atom is -0.495 e. The number of nitrogens with zero attached hydrogens (tertiary/aromatic N) is 1. The third-order valence-corrected chi connectivity index (χ3v) is 4.22. The van der Waals surface area contributed by atoms with Gasteiger partial charge in [0.1, 0.15) is 23.2 Å². The van der Waals surface area contributed by atoms with Gasteiger partial charge in [-0.2, -0.15) is 0 Å². The maximum Gasteiger partial charge on any atom is 0.209 e. The Kier molecular flexibility index (Phi) is 7.60. The minimum atomic E-state index is -1.07. The zero-order valence-corrected chi connectivity index (χ0v) is 16.7. The first-order valence-corrected chi connectivity index (χ1v) is 9.08. The third kappa shape index (κ3) is 5.71. The summed E-state index contributed by atoms with van der Waals surface area (Å²) in [5, 5.41) is 28.9. The molecule has 0 spiro atoms. The van der Waals surface area contributed by atoms with Crippen molar-refractivity contribution in [2.24, 2.45) is 0 Å². The Bertz CT molecular complexity index is 908. The van der Waals surface area contributed by atoms with Gasteiger partial charge in [-0.15, -0.1) is 0 Å². The van der Waals surface area contributed by atoms with E-state index in [1.54, 1.807) is 49.5 Å². The Morgan fingerprint density at radius 2 is 2.07 bits per heavy atom. The van der Waals surface area contributed by atoms with Gasteiger partial charge in [-0.25, -0.2) is 0 Å². The normalized spacial score (nSPS) is 13.3. The number of carbonyl (C=O) groups excluding carboxylic acids is 1. The predicted molar refractivity (Wildman–Crippen MR) is 111 cm³/mol. The maximum atomic E-state index is 11.3. The fourth-order valence-corrected chi connectivity index (χ4v) is 2.72. The number of anilines is 1. The average Bonchev–Trinajstić information content (AvgIpc) is 2.70. The van der Waals surface area contributed by atoms with Gasteiger partial charge in [-0.05, 0) is 36.8 Å². The number of nitrogens with two attached hydrogens (primary N) is 2. The second kappa shape index (κ2) is 9.92. The van der Waals surface area contributed by atoms with Crippen molar-refractivity contribution in [3.05, 3.63) is 58.9 Å². The van der Waals surface area contributed by atoms with E-state index in [1.807, 2.05) is 0 Å². The number of nitrogens with one attached hydrogen (secondary N) is 1. The number of methoxy groups -OCH3 is 1. The summed E-state index contributed by atoms with van der Waals surface area (Å²) < 4.78 is 5.47. The zero-order valence-electron chi connectivity index (χ0n) is 16.7. The van der Waals surface area contributed by atoms with Crippen molar-refractivity contribution in [2.45, 2.75) is 26.2 Å². The number of rotatable bonds is 9. The number of carbonyl (C=O) groups is 1. The molecule has 0 aliphatic rings. The highest BCUT2D eigenvalue weighted by molar-refractivity contribution is 6.12. The number of pyridine rings is 1. The maximum absolute atomic E-state index is 11.3. The number of benzene rings is 1. The van der Waals surface area contributed by atoms with Gasteiger partial charge < -0.3 is 20.7 Å². The third-order valence-electron chi connectivity index (χ3n) is 4.22. The lowest BCUT2D eigenvalue weighted by Gasteiger charge is -2.19. The molecule has 1 aromatic heterocycles. The molecule has 8 nitrogen and oxygen atoms in total. The second-order valence-electron chi connectivity index (χ2n) is 6.63. The van der Waals surface area contributed by atoms with Crippen molar-refractivity contribution in [3.63, 3.8) is 0 Å². The summed E-state index contributed by atoms with van der Waals surface area (Å²) in [5.41, 5.74) is 8.86. The van der Waals surface area contributed by atoms with Crippen molar-refractivity contribution in [1.82, 2.24) is 10.3 Å². The van der Waals surface area contributed by atoms with Gasteiger partial charge in [0, 0.05) is 37.0 Å². The van der Waals surface area contributed by atoms with Gasteiger partial charge in [0.05, 0.1) is 13.2 Å². The van der Waals surface area contributed by atoms with Crippen LogP contribution < -0.4 is 21.2 Å². The lowest BCUT2D eigenvalue weighted by atomic mass is 10.00. The van der Waals surface area contributed by atoms with E-state index in [9.17, 15) is 15.0 Å². The van der Waals surface area contributed by atoms with Crippen LogP contribution in [0, 0.1) is 0 Å². The fraction of sp³-hybridized carbons (Fsp3) is 0.286. The largest absolute Gasteiger partial charge is 0.495 e. The Balaban J connectivity index is 2.30. The highest BCUT2D eigenvalue weighted by Gasteiger charge is 2.22. The molecular formula is C21H27N4O4+. The fourth-order valence-electron chi connectivity index (χ4n) is 2.72. The standard InChI is InChI=1S/C21H26N4O4/c1-12(26)10-25-21(28)15-6-8-17(23)19(20(15)29-3)16(22)7-4-14-5-9-18(13(2)27)24-11-14/h4-9,11-12,21-22,25-26,28H,10,23H2,1-3H3/p+1/b7-4+,22-16?. The Morgan fingerprint density at radius 1 is 1.34 bits per heavy atom. The van der Waals surface area contributed by atoms with Crippen molar-refractivity contribution >= 4 is 23.3 Å². The molecule has 2 rings (SSSR count). The second-order valence-corrected chi connectivity index (χ2v) is 6.63. The molecule has 8 heteroatoms. The van der Waals surface area contributed by atoms with Crippen LogP contribution in [0.4, 0.5) is 5.69 Å². The quantitative estimate of drug-likeness (QED) is 0.174. The zero-order chi connectivity index (χ0) is 21.6. The lowest BCUT2D eigenvalue weighted by Crippen LogP contribution is -2.40. The van der Waals surface area contributed by atoms with E-state index in [1.165, 1.54) is 14.0 Å². The van der Waals surface area contributed by atoms with Crippen LogP contribution in [0.2, 0.25) is 0 Å². The molecule has 0 radical (unpaired) electrons. The molecule has 0 fully saturated rings. The van der Waals surface area contributed by atoms with Crippen molar-refractivity contribution < 1.29 is 25.2 Å². The summed E-state index contributed by atoms with van der Waals surface area (Å²) >= 11 is 0. The van der Waals surface area contributed by atoms with E-state index < -0.39 is 12.3 Å². The molecule has 0 bridgehead atoms. The Hall–Kier alpha value is -3.07. The first kappa shape index (κ1) is 22.2. The monoisotopic (exact) mass is 399 g/mol. The van der Waals surface area contributed by atoms with Crippen LogP contribution >= 0.6 is 0 Å². The molecule has 1 aromatic carbocycles. The first-order valence-electron chi connectivity index (χ1n) is 9.08. The molecule has 0 amide bonds. The summed E-state index contributed by atoms with van der Waals surface area (Å²) in [6.07, 6.45) is 3.27. The molecule has 1 heterocycles. The van der Waals surface area contributed by atoms with Crippen LogP contribution in [-0.4, -0.2) is 46.5 Å². The van der Waals surface area contributed by atoms with E-state index in [4.69, 9.17) is 15.9 Å². The van der Waals surface area contributed by atoms with E-state index >= 15 is 0 Å². The highest BCUT2D eigenvalue weighted by Crippen LogP contribution is 2.32. The number of ether oxygens (including phenoxy) is 1. The molecule has 2 aromatic rings. The number of ketones is 1. The number of hydrogen-bond acceptors (Lipinski definition) is 7. The number of hydrogen-bond donors (Lipinski definition) is 5. The molecule has 7 N–H and O–H groups in total. The Morgan fingerprint density at radius 3 is 2.62 bits per heavy atom. The first-order chi connectivity index (χ1) is 13.7. The van der Waals surface area contributed by atoms with Gasteiger partial charge in [-0.1, -0.05) is 6.07 Å². The number of nitrogen functional groups attached to an aromatic ring is 1. The molecule has 0 aliphatic heterocycles. The minimum absolute atomic E-state index is 0.108. The molecule has 154 valence electrons. The van der Waals surface area contributed by atoms with Gasteiger partial charge in [0.2, 0.25) is 5.71 Å². The van der Waals surface area contributed by atoms with E-state index in [2.05, 4.69) is 10.3 Å². The van der Waals surface area contributed by atoms with E-state index in [-0.39, 0.29) is 12.3 Å².